The molecule has 27 heavy (non-hydrogen) atoms. The van der Waals surface area contributed by atoms with Crippen LogP contribution in [-0.4, -0.2) is 44.2 Å². The summed E-state index contributed by atoms with van der Waals surface area (Å²) in [4.78, 5) is 19.4. The van der Waals surface area contributed by atoms with Crippen LogP contribution in [-0.2, 0) is 0 Å². The molecule has 0 N–H and O–H groups in total. The number of methoxy groups -OCH3 is 2. The summed E-state index contributed by atoms with van der Waals surface area (Å²) in [7, 11) is 7.04. The minimum absolute atomic E-state index is 0.264. The molecule has 0 amide bonds. The fourth-order valence-corrected chi connectivity index (χ4v) is 2.73. The third-order valence-electron chi connectivity index (χ3n) is 4.25. The van der Waals surface area contributed by atoms with E-state index in [2.05, 4.69) is 10.1 Å². The van der Waals surface area contributed by atoms with Gasteiger partial charge in [-0.05, 0) is 30.7 Å². The maximum atomic E-state index is 12.9. The minimum atomic E-state index is -0.264. The van der Waals surface area contributed by atoms with Gasteiger partial charge in [0.15, 0.2) is 11.5 Å². The monoisotopic (exact) mass is 366 g/mol. The maximum Gasteiger partial charge on any atom is 0.282 e. The highest BCUT2D eigenvalue weighted by molar-refractivity contribution is 5.83. The predicted octanol–water partition coefficient (Wildman–Crippen LogP) is 2.67. The number of ether oxygens (including phenoxy) is 2. The SMILES string of the molecule is COc1cc2nc(C)n(/N=C\c3ccc(N(C)C)cc3)c(=O)c2cc1OC. The summed E-state index contributed by atoms with van der Waals surface area (Å²) in [5.74, 6) is 1.49. The Kier molecular flexibility index (Phi) is 5.12. The molecule has 0 atom stereocenters. The summed E-state index contributed by atoms with van der Waals surface area (Å²) in [5, 5.41) is 4.74. The topological polar surface area (TPSA) is 69.0 Å². The van der Waals surface area contributed by atoms with E-state index in [4.69, 9.17) is 9.47 Å². The Balaban J connectivity index is 2.05. The van der Waals surface area contributed by atoms with Gasteiger partial charge in [-0.1, -0.05) is 12.1 Å². The molecule has 0 aliphatic heterocycles. The van der Waals surface area contributed by atoms with Crippen molar-refractivity contribution in [3.63, 3.8) is 0 Å². The van der Waals surface area contributed by atoms with Crippen LogP contribution in [0.25, 0.3) is 10.9 Å². The van der Waals surface area contributed by atoms with Crippen molar-refractivity contribution in [3.05, 3.63) is 58.1 Å². The van der Waals surface area contributed by atoms with E-state index in [9.17, 15) is 4.79 Å². The van der Waals surface area contributed by atoms with Crippen LogP contribution in [0.4, 0.5) is 5.69 Å². The molecule has 0 fully saturated rings. The molecule has 0 bridgehead atoms. The lowest BCUT2D eigenvalue weighted by molar-refractivity contribution is 0.355. The molecule has 2 aromatic carbocycles. The Morgan fingerprint density at radius 2 is 1.70 bits per heavy atom. The first kappa shape index (κ1) is 18.4. The van der Waals surface area contributed by atoms with E-state index in [1.165, 1.54) is 11.8 Å². The van der Waals surface area contributed by atoms with Gasteiger partial charge in [-0.15, -0.1) is 0 Å². The second-order valence-electron chi connectivity index (χ2n) is 6.23. The third kappa shape index (κ3) is 3.62. The summed E-state index contributed by atoms with van der Waals surface area (Å²) in [6.45, 7) is 1.74. The molecule has 1 heterocycles. The van der Waals surface area contributed by atoms with E-state index >= 15 is 0 Å². The van der Waals surface area contributed by atoms with Gasteiger partial charge in [0.05, 0.1) is 31.3 Å². The number of hydrogen-bond donors (Lipinski definition) is 0. The van der Waals surface area contributed by atoms with E-state index < -0.39 is 0 Å². The summed E-state index contributed by atoms with van der Waals surface area (Å²) in [6, 6.07) is 11.2. The van der Waals surface area contributed by atoms with E-state index in [1.807, 2.05) is 43.3 Å². The Labute approximate surface area is 157 Å². The average Bonchev–Trinajstić information content (AvgIpc) is 2.67. The van der Waals surface area contributed by atoms with E-state index in [0.29, 0.717) is 28.2 Å². The third-order valence-corrected chi connectivity index (χ3v) is 4.25. The Hall–Kier alpha value is -3.35. The smallest absolute Gasteiger partial charge is 0.282 e. The van der Waals surface area contributed by atoms with E-state index in [1.54, 1.807) is 32.4 Å². The van der Waals surface area contributed by atoms with Crippen LogP contribution in [0, 0.1) is 6.92 Å². The highest BCUT2D eigenvalue weighted by atomic mass is 16.5. The summed E-state index contributed by atoms with van der Waals surface area (Å²) in [5.41, 5.74) is 2.25. The number of nitrogens with zero attached hydrogens (tertiary/aromatic N) is 4. The largest absolute Gasteiger partial charge is 0.493 e. The zero-order valence-corrected chi connectivity index (χ0v) is 16.1. The Morgan fingerprint density at radius 3 is 2.30 bits per heavy atom. The zero-order valence-electron chi connectivity index (χ0n) is 16.1. The van der Waals surface area contributed by atoms with Crippen LogP contribution in [0.3, 0.4) is 0 Å². The van der Waals surface area contributed by atoms with Crippen molar-refractivity contribution in [2.45, 2.75) is 6.92 Å². The molecule has 0 saturated heterocycles. The van der Waals surface area contributed by atoms with Crippen molar-refractivity contribution in [2.24, 2.45) is 5.10 Å². The highest BCUT2D eigenvalue weighted by Gasteiger charge is 2.13. The van der Waals surface area contributed by atoms with Crippen molar-refractivity contribution in [1.29, 1.82) is 0 Å². The lowest BCUT2D eigenvalue weighted by atomic mass is 10.2. The number of hydrogen-bond acceptors (Lipinski definition) is 6. The van der Waals surface area contributed by atoms with Gasteiger partial charge in [0.25, 0.3) is 5.56 Å². The van der Waals surface area contributed by atoms with Gasteiger partial charge in [0.2, 0.25) is 0 Å². The van der Waals surface area contributed by atoms with Gasteiger partial charge in [0, 0.05) is 25.8 Å². The van der Waals surface area contributed by atoms with Crippen LogP contribution in [0.1, 0.15) is 11.4 Å². The molecule has 7 nitrogen and oxygen atoms in total. The second kappa shape index (κ2) is 7.49. The number of aromatic nitrogens is 2. The Morgan fingerprint density at radius 1 is 1.07 bits per heavy atom. The van der Waals surface area contributed by atoms with Crippen molar-refractivity contribution >= 4 is 22.8 Å². The first-order valence-corrected chi connectivity index (χ1v) is 8.41. The molecule has 3 rings (SSSR count). The van der Waals surface area contributed by atoms with Gasteiger partial charge in [-0.25, -0.2) is 4.98 Å². The molecule has 1 aromatic heterocycles. The maximum absolute atomic E-state index is 12.9. The fourth-order valence-electron chi connectivity index (χ4n) is 2.73. The van der Waals surface area contributed by atoms with Gasteiger partial charge in [-0.2, -0.15) is 9.78 Å². The lowest BCUT2D eigenvalue weighted by Crippen LogP contribution is -2.20. The quantitative estimate of drug-likeness (QED) is 0.650. The zero-order chi connectivity index (χ0) is 19.6. The van der Waals surface area contributed by atoms with Gasteiger partial charge >= 0.3 is 0 Å². The second-order valence-corrected chi connectivity index (χ2v) is 6.23. The molecule has 7 heteroatoms. The summed E-state index contributed by atoms with van der Waals surface area (Å²) < 4.78 is 11.9. The molecular weight excluding hydrogens is 344 g/mol. The molecule has 140 valence electrons. The van der Waals surface area contributed by atoms with Crippen molar-refractivity contribution in [3.8, 4) is 11.5 Å². The minimum Gasteiger partial charge on any atom is -0.493 e. The molecule has 0 aliphatic rings. The summed E-state index contributed by atoms with van der Waals surface area (Å²) in [6.07, 6.45) is 1.64. The van der Waals surface area contributed by atoms with Crippen molar-refractivity contribution < 1.29 is 9.47 Å². The first-order chi connectivity index (χ1) is 12.9. The average molecular weight is 366 g/mol. The van der Waals surface area contributed by atoms with Crippen LogP contribution in [0.15, 0.2) is 46.3 Å². The molecule has 0 saturated carbocycles. The molecule has 0 spiro atoms. The molecule has 0 radical (unpaired) electrons. The number of fused-ring (bicyclic) bond motifs is 1. The number of aryl methyl sites for hydroxylation is 1. The molecule has 0 unspecified atom stereocenters. The summed E-state index contributed by atoms with van der Waals surface area (Å²) >= 11 is 0. The van der Waals surface area contributed by atoms with E-state index in [0.717, 1.165) is 11.3 Å². The highest BCUT2D eigenvalue weighted by Crippen LogP contribution is 2.30. The van der Waals surface area contributed by atoms with Crippen LogP contribution in [0.2, 0.25) is 0 Å². The Bertz CT molecular complexity index is 1050. The van der Waals surface area contributed by atoms with Crippen LogP contribution < -0.4 is 19.9 Å². The van der Waals surface area contributed by atoms with E-state index in [-0.39, 0.29) is 5.56 Å². The lowest BCUT2D eigenvalue weighted by Gasteiger charge is -2.12. The predicted molar refractivity (Wildman–Crippen MR) is 108 cm³/mol. The van der Waals surface area contributed by atoms with Crippen molar-refractivity contribution in [1.82, 2.24) is 9.66 Å². The van der Waals surface area contributed by atoms with Crippen molar-refractivity contribution in [2.75, 3.05) is 33.2 Å². The van der Waals surface area contributed by atoms with Crippen LogP contribution in [0.5, 0.6) is 11.5 Å². The number of benzene rings is 2. The van der Waals surface area contributed by atoms with Gasteiger partial charge in [0.1, 0.15) is 5.82 Å². The van der Waals surface area contributed by atoms with Gasteiger partial charge in [-0.3, -0.25) is 4.79 Å². The first-order valence-electron chi connectivity index (χ1n) is 8.41. The number of rotatable bonds is 5. The molecular formula is C20H22N4O3. The molecule has 0 aliphatic carbocycles. The van der Waals surface area contributed by atoms with Crippen LogP contribution >= 0.6 is 0 Å². The standard InChI is InChI=1S/C20H22N4O3/c1-13-22-17-11-19(27-5)18(26-4)10-16(17)20(25)24(13)21-12-14-6-8-15(9-7-14)23(2)3/h6-12H,1-5H3/b21-12-. The number of anilines is 1. The molecule has 3 aromatic rings. The van der Waals surface area contributed by atoms with Gasteiger partial charge < -0.3 is 14.4 Å². The normalized spacial score (nSPS) is 11.1. The fraction of sp³-hybridized carbons (Fsp3) is 0.250.